The summed E-state index contributed by atoms with van der Waals surface area (Å²) < 4.78 is 22.2. The van der Waals surface area contributed by atoms with Crippen molar-refractivity contribution in [1.82, 2.24) is 4.83 Å². The van der Waals surface area contributed by atoms with Crippen LogP contribution >= 0.6 is 0 Å². The van der Waals surface area contributed by atoms with Gasteiger partial charge in [0, 0.05) is 0 Å². The number of benzene rings is 1. The van der Waals surface area contributed by atoms with E-state index in [2.05, 4.69) is 0 Å². The summed E-state index contributed by atoms with van der Waals surface area (Å²) in [4.78, 5) is 1.93. The number of nitrogens with two attached hydrogens (primary N) is 1. The Morgan fingerprint density at radius 3 is 1.93 bits per heavy atom. The number of nitrogens with one attached hydrogen (secondary N) is 1. The molecule has 0 fully saturated rings. The zero-order valence-electron chi connectivity index (χ0n) is 8.61. The average molecular weight is 216 g/mol. The largest absolute Gasteiger partial charge is 0.257 e. The fourth-order valence-electron chi connectivity index (χ4n) is 0.785. The molecule has 14 heavy (non-hydrogen) atoms. The van der Waals surface area contributed by atoms with Gasteiger partial charge in [0.1, 0.15) is 0 Å². The van der Waals surface area contributed by atoms with Crippen molar-refractivity contribution in [2.24, 2.45) is 5.84 Å². The lowest BCUT2D eigenvalue weighted by Gasteiger charge is -2.01. The molecule has 0 heterocycles. The van der Waals surface area contributed by atoms with Crippen LogP contribution in [0.15, 0.2) is 29.2 Å². The summed E-state index contributed by atoms with van der Waals surface area (Å²) in [6, 6.07) is 6.43. The highest BCUT2D eigenvalue weighted by Crippen LogP contribution is 2.08. The van der Waals surface area contributed by atoms with Gasteiger partial charge in [0.05, 0.1) is 4.90 Å². The van der Waals surface area contributed by atoms with Crippen LogP contribution in [-0.4, -0.2) is 8.42 Å². The standard InChI is InChI=1S/C7H10N2O2S.C2H6/c1-6-2-4-7(5-3-6)12(10,11)9-8;1-2/h2-5,9H,8H2,1H3;1-2H3. The second kappa shape index (κ2) is 5.74. The minimum Gasteiger partial charge on any atom is -0.257 e. The highest BCUT2D eigenvalue weighted by Gasteiger charge is 2.09. The zero-order chi connectivity index (χ0) is 11.2. The molecule has 5 heteroatoms. The van der Waals surface area contributed by atoms with Crippen molar-refractivity contribution in [1.29, 1.82) is 0 Å². The summed E-state index contributed by atoms with van der Waals surface area (Å²) in [5.74, 6) is 4.84. The van der Waals surface area contributed by atoms with Crippen LogP contribution in [0.5, 0.6) is 0 Å². The lowest BCUT2D eigenvalue weighted by Crippen LogP contribution is -2.30. The van der Waals surface area contributed by atoms with Gasteiger partial charge in [-0.15, -0.1) is 0 Å². The molecule has 0 aromatic heterocycles. The average Bonchev–Trinajstić information content (AvgIpc) is 2.21. The van der Waals surface area contributed by atoms with Crippen molar-refractivity contribution >= 4 is 10.0 Å². The Kier molecular flexibility index (Phi) is 5.37. The quantitative estimate of drug-likeness (QED) is 0.576. The van der Waals surface area contributed by atoms with Gasteiger partial charge in [-0.05, 0) is 19.1 Å². The summed E-state index contributed by atoms with van der Waals surface area (Å²) in [6.07, 6.45) is 0. The molecule has 0 unspecified atom stereocenters. The molecule has 0 aliphatic heterocycles. The minimum absolute atomic E-state index is 0.176. The van der Waals surface area contributed by atoms with Crippen LogP contribution in [0.1, 0.15) is 19.4 Å². The van der Waals surface area contributed by atoms with Crippen molar-refractivity contribution in [3.63, 3.8) is 0 Å². The van der Waals surface area contributed by atoms with Crippen LogP contribution in [0.25, 0.3) is 0 Å². The molecule has 0 aliphatic carbocycles. The van der Waals surface area contributed by atoms with Gasteiger partial charge >= 0.3 is 0 Å². The Balaban J connectivity index is 0.000000791. The number of rotatable bonds is 2. The second-order valence-corrected chi connectivity index (χ2v) is 4.15. The second-order valence-electron chi connectivity index (χ2n) is 2.43. The first-order valence-electron chi connectivity index (χ1n) is 4.35. The van der Waals surface area contributed by atoms with Crippen LogP contribution < -0.4 is 10.7 Å². The third kappa shape index (κ3) is 3.45. The predicted octanol–water partition coefficient (Wildman–Crippen LogP) is 1.17. The molecular formula is C9H16N2O2S. The summed E-state index contributed by atoms with van der Waals surface area (Å²) in [6.45, 7) is 5.88. The maximum atomic E-state index is 11.1. The molecule has 0 saturated heterocycles. The molecule has 3 N–H and O–H groups in total. The Labute approximate surface area is 85.2 Å². The van der Waals surface area contributed by atoms with Gasteiger partial charge < -0.3 is 0 Å². The lowest BCUT2D eigenvalue weighted by atomic mass is 10.2. The smallest absolute Gasteiger partial charge is 0.253 e. The number of hydrogen-bond acceptors (Lipinski definition) is 3. The Morgan fingerprint density at radius 2 is 1.57 bits per heavy atom. The number of hydrogen-bond donors (Lipinski definition) is 2. The first-order chi connectivity index (χ1) is 6.56. The molecule has 80 valence electrons. The molecule has 0 amide bonds. The third-order valence-corrected chi connectivity index (χ3v) is 2.69. The first-order valence-corrected chi connectivity index (χ1v) is 5.83. The van der Waals surface area contributed by atoms with Crippen molar-refractivity contribution in [2.75, 3.05) is 0 Å². The molecule has 0 spiro atoms. The summed E-state index contributed by atoms with van der Waals surface area (Å²) in [7, 11) is -3.49. The van der Waals surface area contributed by atoms with Gasteiger partial charge in [0.25, 0.3) is 10.0 Å². The Hall–Kier alpha value is -0.910. The normalized spacial score (nSPS) is 10.3. The van der Waals surface area contributed by atoms with Crippen molar-refractivity contribution in [3.8, 4) is 0 Å². The molecule has 1 aromatic rings. The van der Waals surface area contributed by atoms with E-state index in [1.807, 2.05) is 20.8 Å². The number of aryl methyl sites for hydroxylation is 1. The maximum absolute atomic E-state index is 11.1. The van der Waals surface area contributed by atoms with E-state index in [4.69, 9.17) is 5.84 Å². The van der Waals surface area contributed by atoms with Crippen LogP contribution in [-0.2, 0) is 10.0 Å². The van der Waals surface area contributed by atoms with Gasteiger partial charge in [0.2, 0.25) is 0 Å². The van der Waals surface area contributed by atoms with Crippen LogP contribution in [0, 0.1) is 6.92 Å². The summed E-state index contributed by atoms with van der Waals surface area (Å²) in [5.41, 5.74) is 1.01. The fraction of sp³-hybridized carbons (Fsp3) is 0.333. The fourth-order valence-corrected chi connectivity index (χ4v) is 1.42. The molecule has 0 radical (unpaired) electrons. The molecule has 1 aromatic carbocycles. The van der Waals surface area contributed by atoms with E-state index in [1.54, 1.807) is 17.0 Å². The first kappa shape index (κ1) is 13.1. The molecule has 0 saturated carbocycles. The topological polar surface area (TPSA) is 72.2 Å². The van der Waals surface area contributed by atoms with Gasteiger partial charge in [-0.1, -0.05) is 31.5 Å². The van der Waals surface area contributed by atoms with Crippen LogP contribution in [0.3, 0.4) is 0 Å². The van der Waals surface area contributed by atoms with Crippen molar-refractivity contribution in [3.05, 3.63) is 29.8 Å². The Morgan fingerprint density at radius 1 is 1.14 bits per heavy atom. The number of hydrazine groups is 1. The summed E-state index contributed by atoms with van der Waals surface area (Å²) >= 11 is 0. The van der Waals surface area contributed by atoms with Gasteiger partial charge in [0.15, 0.2) is 0 Å². The highest BCUT2D eigenvalue weighted by molar-refractivity contribution is 7.89. The molecule has 0 bridgehead atoms. The molecular weight excluding hydrogens is 200 g/mol. The van der Waals surface area contributed by atoms with E-state index >= 15 is 0 Å². The highest BCUT2D eigenvalue weighted by atomic mass is 32.2. The minimum atomic E-state index is -3.49. The lowest BCUT2D eigenvalue weighted by molar-refractivity contribution is 0.584. The molecule has 0 aliphatic rings. The SMILES string of the molecule is CC.Cc1ccc(S(=O)(=O)NN)cc1. The number of sulfonamides is 1. The third-order valence-electron chi connectivity index (χ3n) is 1.49. The maximum Gasteiger partial charge on any atom is 0.253 e. The van der Waals surface area contributed by atoms with Gasteiger partial charge in [-0.2, -0.15) is 4.83 Å². The Bertz CT molecular complexity index is 357. The van der Waals surface area contributed by atoms with E-state index in [1.165, 1.54) is 12.1 Å². The van der Waals surface area contributed by atoms with Crippen molar-refractivity contribution in [2.45, 2.75) is 25.7 Å². The van der Waals surface area contributed by atoms with Gasteiger partial charge in [-0.25, -0.2) is 8.42 Å². The van der Waals surface area contributed by atoms with E-state index < -0.39 is 10.0 Å². The predicted molar refractivity (Wildman–Crippen MR) is 57.0 cm³/mol. The van der Waals surface area contributed by atoms with E-state index in [0.717, 1.165) is 5.56 Å². The summed E-state index contributed by atoms with van der Waals surface area (Å²) in [5, 5.41) is 0. The van der Waals surface area contributed by atoms with Crippen molar-refractivity contribution < 1.29 is 8.42 Å². The molecule has 4 nitrogen and oxygen atoms in total. The van der Waals surface area contributed by atoms with E-state index in [0.29, 0.717) is 0 Å². The molecule has 0 atom stereocenters. The molecule has 1 rings (SSSR count). The zero-order valence-corrected chi connectivity index (χ0v) is 9.43. The van der Waals surface area contributed by atoms with Crippen LogP contribution in [0.4, 0.5) is 0 Å². The monoisotopic (exact) mass is 216 g/mol. The van der Waals surface area contributed by atoms with Gasteiger partial charge in [-0.3, -0.25) is 5.84 Å². The van der Waals surface area contributed by atoms with Crippen LogP contribution in [0.2, 0.25) is 0 Å². The van der Waals surface area contributed by atoms with E-state index in [9.17, 15) is 8.42 Å². The van der Waals surface area contributed by atoms with E-state index in [-0.39, 0.29) is 4.90 Å².